The molecule has 0 unspecified atom stereocenters. The third-order valence-electron chi connectivity index (χ3n) is 11.4. The zero-order valence-electron chi connectivity index (χ0n) is 52.2. The van der Waals surface area contributed by atoms with Gasteiger partial charge in [0.2, 0.25) is 17.7 Å². The summed E-state index contributed by atoms with van der Waals surface area (Å²) in [6.45, 7) is 22.1. The fraction of sp³-hybridized carbons (Fsp3) is 0.635. The van der Waals surface area contributed by atoms with E-state index >= 15 is 0 Å². The molecule has 0 radical (unpaired) electrons. The molecule has 0 spiro atoms. The number of ether oxygens (including phenoxy) is 4. The molecular weight excluding hydrogens is 1190 g/mol. The first kappa shape index (κ1) is 68.7. The molecule has 89 heavy (non-hydrogen) atoms. The fourth-order valence-electron chi connectivity index (χ4n) is 7.84. The van der Waals surface area contributed by atoms with Gasteiger partial charge in [0.1, 0.15) is 75.5 Å². The minimum absolute atomic E-state index is 0.0169. The molecule has 6 heterocycles. The van der Waals surface area contributed by atoms with Crippen LogP contribution in [0.15, 0.2) is 37.2 Å². The molecule has 7 amide bonds. The van der Waals surface area contributed by atoms with Crippen LogP contribution in [0.5, 0.6) is 0 Å². The Bertz CT molecular complexity index is 2950. The maximum absolute atomic E-state index is 14.2. The normalized spacial score (nSPS) is 11.8. The number of alkyl carbamates (subject to hydrolysis) is 4. The average molecular weight is 1270 g/mol. The molecule has 6 aromatic rings. The van der Waals surface area contributed by atoms with Crippen molar-refractivity contribution in [2.45, 2.75) is 184 Å². The zero-order valence-corrected chi connectivity index (χ0v) is 53.0. The standard InChI is InChI=1S/C52H80ClN25O11/c1-49(2,3)86-45(82)54-13-17-73-28-36(58-64-73)24-71(25-37-29-74(65-59-37)18-14-55-46(83)87-50(4,5)6)43(80)34-77-32-40(62-68-77)22-70(42(79)21-53)23-41-33-78(69-63-41)35-44(81)72(26-38-30-75(66-60-38)19-15-56-47(84)88-51(7,8)9)27-39-31-76(67-61-39)20-16-57-48(85)89-52(10,11)12/h28-33H,13-27,34-35H2,1-12H3,(H,54,82)(H,55,83)(H,56,84)(H,57,85). The summed E-state index contributed by atoms with van der Waals surface area (Å²) in [5, 5.41) is 61.2. The highest BCUT2D eigenvalue weighted by molar-refractivity contribution is 6.27. The van der Waals surface area contributed by atoms with Gasteiger partial charge in [-0.1, -0.05) is 31.3 Å². The van der Waals surface area contributed by atoms with Crippen LogP contribution in [0.4, 0.5) is 19.2 Å². The Morgan fingerprint density at radius 1 is 0.360 bits per heavy atom. The first-order chi connectivity index (χ1) is 41.8. The second-order valence-electron chi connectivity index (χ2n) is 24.3. The maximum atomic E-state index is 14.2. The van der Waals surface area contributed by atoms with Gasteiger partial charge in [0, 0.05) is 26.2 Å². The lowest BCUT2D eigenvalue weighted by Crippen LogP contribution is -2.34. The second-order valence-corrected chi connectivity index (χ2v) is 24.6. The van der Waals surface area contributed by atoms with Gasteiger partial charge in [0.15, 0.2) is 0 Å². The van der Waals surface area contributed by atoms with E-state index in [-0.39, 0.29) is 105 Å². The molecule has 0 saturated heterocycles. The van der Waals surface area contributed by atoms with Gasteiger partial charge < -0.3 is 54.9 Å². The molecule has 0 aliphatic carbocycles. The van der Waals surface area contributed by atoms with E-state index in [9.17, 15) is 33.6 Å². The van der Waals surface area contributed by atoms with Crippen LogP contribution in [0, 0.1) is 0 Å². The molecule has 486 valence electrons. The number of nitrogens with one attached hydrogen (secondary N) is 4. The Kier molecular flexibility index (Phi) is 23.9. The summed E-state index contributed by atoms with van der Waals surface area (Å²) in [6.07, 6.45) is 7.25. The van der Waals surface area contributed by atoms with E-state index in [1.165, 1.54) is 55.2 Å². The lowest BCUT2D eigenvalue weighted by molar-refractivity contribution is -0.134. The van der Waals surface area contributed by atoms with Crippen LogP contribution in [0.2, 0.25) is 0 Å². The molecule has 0 atom stereocenters. The number of hydrogen-bond acceptors (Lipinski definition) is 23. The predicted octanol–water partition coefficient (Wildman–Crippen LogP) is 1.56. The number of halogens is 1. The van der Waals surface area contributed by atoms with Crippen LogP contribution >= 0.6 is 11.6 Å². The van der Waals surface area contributed by atoms with Gasteiger partial charge in [-0.15, -0.1) is 42.2 Å². The van der Waals surface area contributed by atoms with Crippen LogP contribution in [0.3, 0.4) is 0 Å². The van der Waals surface area contributed by atoms with E-state index in [1.807, 2.05) is 0 Å². The van der Waals surface area contributed by atoms with Crippen molar-refractivity contribution >= 4 is 53.7 Å². The first-order valence-corrected chi connectivity index (χ1v) is 28.9. The number of amides is 7. The summed E-state index contributed by atoms with van der Waals surface area (Å²) in [4.78, 5) is 94.8. The zero-order chi connectivity index (χ0) is 65.1. The lowest BCUT2D eigenvalue weighted by atomic mass is 10.2. The molecule has 0 saturated carbocycles. The predicted molar refractivity (Wildman–Crippen MR) is 311 cm³/mol. The molecule has 6 rings (SSSR count). The lowest BCUT2D eigenvalue weighted by Gasteiger charge is -2.20. The summed E-state index contributed by atoms with van der Waals surface area (Å²) in [7, 11) is 0. The number of carbonyl (C=O) groups excluding carboxylic acids is 7. The third kappa shape index (κ3) is 25.5. The van der Waals surface area contributed by atoms with Gasteiger partial charge in [-0.25, -0.2) is 28.5 Å². The van der Waals surface area contributed by atoms with Crippen molar-refractivity contribution in [3.63, 3.8) is 0 Å². The molecule has 4 N–H and O–H groups in total. The van der Waals surface area contributed by atoms with Crippen LogP contribution in [-0.4, -0.2) is 201 Å². The Morgan fingerprint density at radius 2 is 0.562 bits per heavy atom. The molecule has 0 fully saturated rings. The number of hydrogen-bond donors (Lipinski definition) is 4. The quantitative estimate of drug-likeness (QED) is 0.0382. The van der Waals surface area contributed by atoms with Crippen molar-refractivity contribution in [1.29, 1.82) is 0 Å². The Hall–Kier alpha value is -9.38. The molecule has 0 aliphatic heterocycles. The minimum Gasteiger partial charge on any atom is -0.444 e. The number of carbonyl (C=O) groups is 7. The van der Waals surface area contributed by atoms with Crippen molar-refractivity contribution in [2.24, 2.45) is 0 Å². The van der Waals surface area contributed by atoms with Crippen molar-refractivity contribution in [3.05, 3.63) is 71.3 Å². The molecular formula is C52H80ClN25O11. The van der Waals surface area contributed by atoms with Crippen molar-refractivity contribution in [1.82, 2.24) is 126 Å². The summed E-state index contributed by atoms with van der Waals surface area (Å²) in [6, 6.07) is 0. The average Bonchev–Trinajstić information content (AvgIpc) is 4.39. The second kappa shape index (κ2) is 31.0. The fourth-order valence-corrected chi connectivity index (χ4v) is 8.01. The van der Waals surface area contributed by atoms with E-state index in [2.05, 4.69) is 83.1 Å². The maximum Gasteiger partial charge on any atom is 0.407 e. The molecule has 0 bridgehead atoms. The molecule has 0 aliphatic rings. The number of alkyl halides is 1. The van der Waals surface area contributed by atoms with Gasteiger partial charge in [0.25, 0.3) is 0 Å². The van der Waals surface area contributed by atoms with E-state index in [1.54, 1.807) is 108 Å². The number of rotatable bonds is 29. The Labute approximate surface area is 517 Å². The van der Waals surface area contributed by atoms with Gasteiger partial charge in [0.05, 0.1) is 103 Å². The van der Waals surface area contributed by atoms with E-state index in [4.69, 9.17) is 30.5 Å². The largest absolute Gasteiger partial charge is 0.444 e. The van der Waals surface area contributed by atoms with Crippen LogP contribution in [0.1, 0.15) is 117 Å². The van der Waals surface area contributed by atoms with Crippen molar-refractivity contribution in [2.75, 3.05) is 32.1 Å². The van der Waals surface area contributed by atoms with Crippen molar-refractivity contribution < 1.29 is 52.5 Å². The summed E-state index contributed by atoms with van der Waals surface area (Å²) in [5.41, 5.74) is -0.388. The Balaban J connectivity index is 1.10. The van der Waals surface area contributed by atoms with E-state index < -0.39 is 70.4 Å². The van der Waals surface area contributed by atoms with Gasteiger partial charge in [-0.2, -0.15) is 0 Å². The highest BCUT2D eigenvalue weighted by Crippen LogP contribution is 2.15. The summed E-state index contributed by atoms with van der Waals surface area (Å²) in [5.74, 6) is -1.72. The minimum atomic E-state index is -0.673. The van der Waals surface area contributed by atoms with Gasteiger partial charge >= 0.3 is 24.4 Å². The monoisotopic (exact) mass is 1270 g/mol. The van der Waals surface area contributed by atoms with Gasteiger partial charge in [-0.3, -0.25) is 33.1 Å². The third-order valence-corrected chi connectivity index (χ3v) is 11.7. The number of nitrogens with zero attached hydrogens (tertiary/aromatic N) is 21. The van der Waals surface area contributed by atoms with Crippen LogP contribution < -0.4 is 21.3 Å². The molecule has 6 aromatic heterocycles. The molecule has 36 nitrogen and oxygen atoms in total. The summed E-state index contributed by atoms with van der Waals surface area (Å²) >= 11 is 6.10. The smallest absolute Gasteiger partial charge is 0.407 e. The molecule has 37 heteroatoms. The molecule has 0 aromatic carbocycles. The Morgan fingerprint density at radius 3 is 0.775 bits per heavy atom. The summed E-state index contributed by atoms with van der Waals surface area (Å²) < 4.78 is 29.9. The van der Waals surface area contributed by atoms with E-state index in [0.717, 1.165) is 0 Å². The SMILES string of the molecule is CC(C)(C)OC(=O)NCCn1cc(CN(Cc2cn(CCNC(=O)OC(C)(C)C)nn2)C(=O)Cn2cc(CN(Cc3cn(CC(=O)N(Cc4cn(CCNC(=O)OC(C)(C)C)nn4)Cc4cn(CCNC(=O)OC(C)(C)C)nn4)nn3)C(=O)CCl)nn2)nn1. The topological polar surface area (TPSA) is 399 Å². The van der Waals surface area contributed by atoms with Crippen LogP contribution in [0.25, 0.3) is 0 Å². The highest BCUT2D eigenvalue weighted by Gasteiger charge is 2.25. The first-order valence-electron chi connectivity index (χ1n) is 28.4. The van der Waals surface area contributed by atoms with Crippen LogP contribution in [-0.2, 0) is 112 Å². The van der Waals surface area contributed by atoms with E-state index in [0.29, 0.717) is 34.2 Å². The van der Waals surface area contributed by atoms with Gasteiger partial charge in [-0.05, 0) is 83.1 Å². The number of aromatic nitrogens is 18. The highest BCUT2D eigenvalue weighted by atomic mass is 35.5. The van der Waals surface area contributed by atoms with Crippen molar-refractivity contribution in [3.8, 4) is 0 Å².